The second-order valence-corrected chi connectivity index (χ2v) is 8.38. The van der Waals surface area contributed by atoms with Crippen molar-refractivity contribution < 1.29 is 4.74 Å². The predicted octanol–water partition coefficient (Wildman–Crippen LogP) is 3.03. The van der Waals surface area contributed by atoms with Crippen LogP contribution in [-0.4, -0.2) is 29.8 Å². The molecule has 0 fully saturated rings. The number of halogens is 1. The number of aromatic nitrogens is 2. The van der Waals surface area contributed by atoms with Crippen molar-refractivity contribution in [1.29, 1.82) is 0 Å². The van der Waals surface area contributed by atoms with Crippen LogP contribution in [0.25, 0.3) is 0 Å². The fraction of sp³-hybridized carbons (Fsp3) is 0.300. The molecule has 0 bridgehead atoms. The quantitative estimate of drug-likeness (QED) is 0.461. The molecule has 0 radical (unpaired) electrons. The third kappa shape index (κ3) is 5.17. The monoisotopic (exact) mass is 478 g/mol. The van der Waals surface area contributed by atoms with Gasteiger partial charge in [-0.1, -0.05) is 30.3 Å². The maximum absolute atomic E-state index is 12.7. The lowest BCUT2D eigenvalue weighted by Gasteiger charge is -2.26. The lowest BCUT2D eigenvalue weighted by molar-refractivity contribution is 0.196. The van der Waals surface area contributed by atoms with Gasteiger partial charge in [0.2, 0.25) is 0 Å². The summed E-state index contributed by atoms with van der Waals surface area (Å²) in [6.07, 6.45) is 0.718. The van der Waals surface area contributed by atoms with Crippen LogP contribution in [0, 0.1) is 0 Å². The molecule has 0 atom stereocenters. The van der Waals surface area contributed by atoms with E-state index in [1.54, 1.807) is 18.4 Å². The number of thiophene rings is 1. The average Bonchev–Trinajstić information content (AvgIpc) is 3.10. The molecule has 0 aliphatic rings. The highest BCUT2D eigenvalue weighted by Crippen LogP contribution is 2.27. The highest BCUT2D eigenvalue weighted by molar-refractivity contribution is 9.10. The van der Waals surface area contributed by atoms with Crippen molar-refractivity contribution in [1.82, 2.24) is 9.55 Å². The van der Waals surface area contributed by atoms with Gasteiger partial charge in [-0.25, -0.2) is 4.79 Å². The fourth-order valence-corrected chi connectivity index (χ4v) is 4.58. The zero-order chi connectivity index (χ0) is 20.8. The molecule has 29 heavy (non-hydrogen) atoms. The molecule has 2 aromatic heterocycles. The Morgan fingerprint density at radius 3 is 2.66 bits per heavy atom. The first-order valence-electron chi connectivity index (χ1n) is 9.13. The van der Waals surface area contributed by atoms with Gasteiger partial charge in [-0.15, -0.1) is 11.3 Å². The summed E-state index contributed by atoms with van der Waals surface area (Å²) in [6.45, 7) is 1.90. The summed E-state index contributed by atoms with van der Waals surface area (Å²) in [6, 6.07) is 11.5. The van der Waals surface area contributed by atoms with E-state index in [4.69, 9.17) is 10.5 Å². The Labute approximate surface area is 180 Å². The third-order valence-corrected chi connectivity index (χ3v) is 6.43. The van der Waals surface area contributed by atoms with Gasteiger partial charge < -0.3 is 15.4 Å². The van der Waals surface area contributed by atoms with Crippen molar-refractivity contribution in [2.45, 2.75) is 19.5 Å². The molecule has 0 aliphatic carbocycles. The van der Waals surface area contributed by atoms with Gasteiger partial charge in [-0.3, -0.25) is 14.3 Å². The minimum absolute atomic E-state index is 0.160. The van der Waals surface area contributed by atoms with Gasteiger partial charge in [0.05, 0.1) is 13.1 Å². The summed E-state index contributed by atoms with van der Waals surface area (Å²) < 4.78 is 7.54. The van der Waals surface area contributed by atoms with Crippen LogP contribution in [0.5, 0.6) is 0 Å². The number of nitrogen functional groups attached to an aromatic ring is 1. The Hall–Kier alpha value is -2.36. The van der Waals surface area contributed by atoms with Crippen LogP contribution in [0.4, 0.5) is 11.5 Å². The largest absolute Gasteiger partial charge is 0.385 e. The number of methoxy groups -OCH3 is 1. The lowest BCUT2D eigenvalue weighted by Crippen LogP contribution is -2.39. The molecule has 9 heteroatoms. The van der Waals surface area contributed by atoms with E-state index in [1.807, 2.05) is 46.7 Å². The van der Waals surface area contributed by atoms with E-state index in [9.17, 15) is 9.59 Å². The molecule has 154 valence electrons. The number of anilines is 2. The minimum Gasteiger partial charge on any atom is -0.385 e. The molecular weight excluding hydrogens is 456 g/mol. The molecule has 3 N–H and O–H groups in total. The number of hydrogen-bond acceptors (Lipinski definition) is 6. The Morgan fingerprint density at radius 1 is 1.24 bits per heavy atom. The highest BCUT2D eigenvalue weighted by atomic mass is 79.9. The number of nitrogens with one attached hydrogen (secondary N) is 1. The van der Waals surface area contributed by atoms with E-state index >= 15 is 0 Å². The Kier molecular flexibility index (Phi) is 7.29. The smallest absolute Gasteiger partial charge is 0.330 e. The van der Waals surface area contributed by atoms with Gasteiger partial charge in [0.1, 0.15) is 11.5 Å². The van der Waals surface area contributed by atoms with Crippen LogP contribution in [-0.2, 0) is 17.8 Å². The van der Waals surface area contributed by atoms with Gasteiger partial charge in [-0.2, -0.15) is 0 Å². The summed E-state index contributed by atoms with van der Waals surface area (Å²) >= 11 is 5.14. The second kappa shape index (κ2) is 9.91. The molecule has 0 saturated heterocycles. The van der Waals surface area contributed by atoms with E-state index in [1.165, 1.54) is 4.57 Å². The Morgan fingerprint density at radius 2 is 2.00 bits per heavy atom. The average molecular weight is 479 g/mol. The van der Waals surface area contributed by atoms with Gasteiger partial charge in [0.15, 0.2) is 0 Å². The molecule has 2 heterocycles. The fourth-order valence-electron chi connectivity index (χ4n) is 3.09. The number of nitrogens with two attached hydrogens (primary N) is 1. The van der Waals surface area contributed by atoms with Gasteiger partial charge in [0.25, 0.3) is 5.56 Å². The maximum atomic E-state index is 12.7. The first-order valence-corrected chi connectivity index (χ1v) is 10.8. The van der Waals surface area contributed by atoms with E-state index in [0.29, 0.717) is 25.4 Å². The van der Waals surface area contributed by atoms with Crippen LogP contribution in [0.1, 0.15) is 16.9 Å². The number of rotatable bonds is 9. The molecule has 3 aromatic rings. The zero-order valence-corrected chi connectivity index (χ0v) is 18.5. The first kappa shape index (κ1) is 21.4. The van der Waals surface area contributed by atoms with Crippen LogP contribution in [0.15, 0.2) is 55.8 Å². The van der Waals surface area contributed by atoms with Crippen LogP contribution in [0.3, 0.4) is 0 Å². The molecule has 0 spiro atoms. The molecule has 0 saturated carbocycles. The highest BCUT2D eigenvalue weighted by Gasteiger charge is 2.20. The summed E-state index contributed by atoms with van der Waals surface area (Å²) in [5.74, 6) is 0.160. The summed E-state index contributed by atoms with van der Waals surface area (Å²) in [5, 5.41) is 1.98. The van der Waals surface area contributed by atoms with Crippen molar-refractivity contribution in [3.05, 3.63) is 77.5 Å². The summed E-state index contributed by atoms with van der Waals surface area (Å²) in [5.41, 5.74) is 6.59. The van der Waals surface area contributed by atoms with Crippen molar-refractivity contribution in [3.63, 3.8) is 0 Å². The van der Waals surface area contributed by atoms with E-state index in [-0.39, 0.29) is 12.4 Å². The standard InChI is InChI=1S/C20H23BrN4O3S/c1-28-10-5-9-24(13-16-15(21)8-11-29-16)17-18(22)25(20(27)23-19(17)26)12-14-6-3-2-4-7-14/h2-4,6-8,11H,5,9-10,12-13,22H2,1H3,(H,23,26,27). The van der Waals surface area contributed by atoms with Gasteiger partial charge in [-0.05, 0) is 39.4 Å². The topological polar surface area (TPSA) is 93.3 Å². The Bertz CT molecular complexity index is 1060. The van der Waals surface area contributed by atoms with Crippen LogP contribution in [0.2, 0.25) is 0 Å². The molecule has 0 aliphatic heterocycles. The molecule has 1 aromatic carbocycles. The molecule has 3 rings (SSSR count). The number of benzene rings is 1. The normalized spacial score (nSPS) is 11.0. The minimum atomic E-state index is -0.519. The van der Waals surface area contributed by atoms with E-state index in [2.05, 4.69) is 20.9 Å². The Balaban J connectivity index is 2.01. The van der Waals surface area contributed by atoms with Crippen LogP contribution < -0.4 is 21.9 Å². The van der Waals surface area contributed by atoms with Gasteiger partial charge in [0, 0.05) is 29.6 Å². The SMILES string of the molecule is COCCCN(Cc1sccc1Br)c1c(N)n(Cc2ccccc2)c(=O)[nH]c1=O. The zero-order valence-electron chi connectivity index (χ0n) is 16.1. The van der Waals surface area contributed by atoms with Crippen molar-refractivity contribution >= 4 is 38.8 Å². The number of nitrogens with zero attached hydrogens (tertiary/aromatic N) is 2. The van der Waals surface area contributed by atoms with Crippen molar-refractivity contribution in [2.24, 2.45) is 0 Å². The van der Waals surface area contributed by atoms with Crippen molar-refractivity contribution in [3.8, 4) is 0 Å². The molecule has 7 nitrogen and oxygen atoms in total. The second-order valence-electron chi connectivity index (χ2n) is 6.52. The van der Waals surface area contributed by atoms with E-state index < -0.39 is 11.2 Å². The number of hydrogen-bond donors (Lipinski definition) is 2. The maximum Gasteiger partial charge on any atom is 0.330 e. The van der Waals surface area contributed by atoms with Gasteiger partial charge >= 0.3 is 5.69 Å². The summed E-state index contributed by atoms with van der Waals surface area (Å²) in [7, 11) is 1.64. The van der Waals surface area contributed by atoms with Crippen LogP contribution >= 0.6 is 27.3 Å². The number of ether oxygens (including phenoxy) is 1. The molecular formula is C20H23BrN4O3S. The first-order chi connectivity index (χ1) is 14.0. The molecule has 0 unspecified atom stereocenters. The summed E-state index contributed by atoms with van der Waals surface area (Å²) in [4.78, 5) is 30.6. The van der Waals surface area contributed by atoms with Crippen molar-refractivity contribution in [2.75, 3.05) is 30.9 Å². The molecule has 0 amide bonds. The predicted molar refractivity (Wildman–Crippen MR) is 121 cm³/mol. The third-order valence-electron chi connectivity index (χ3n) is 4.52. The number of H-pyrrole nitrogens is 1. The lowest BCUT2D eigenvalue weighted by atomic mass is 10.2. The van der Waals surface area contributed by atoms with E-state index in [0.717, 1.165) is 21.3 Å². The number of aromatic amines is 1.